The summed E-state index contributed by atoms with van der Waals surface area (Å²) in [5, 5.41) is 0. The molecular formula is C6H5BrN2O. The molecule has 0 bridgehead atoms. The van der Waals surface area contributed by atoms with Gasteiger partial charge in [0.25, 0.3) is 0 Å². The Balaban J connectivity index is 3.27. The van der Waals surface area contributed by atoms with Crippen LogP contribution in [0.15, 0.2) is 16.7 Å². The van der Waals surface area contributed by atoms with E-state index in [0.717, 1.165) is 0 Å². The fraction of sp³-hybridized carbons (Fsp3) is 0. The normalized spacial score (nSPS) is 9.30. The average Bonchev–Trinajstić information content (AvgIpc) is 1.95. The van der Waals surface area contributed by atoms with Gasteiger partial charge in [-0.2, -0.15) is 0 Å². The van der Waals surface area contributed by atoms with Crippen molar-refractivity contribution in [2.24, 2.45) is 0 Å². The molecule has 0 radical (unpaired) electrons. The van der Waals surface area contributed by atoms with Crippen molar-refractivity contribution in [3.63, 3.8) is 0 Å². The summed E-state index contributed by atoms with van der Waals surface area (Å²) in [5.74, 6) is 0. The number of aldehydes is 1. The maximum atomic E-state index is 10.2. The Morgan fingerprint density at radius 2 is 2.40 bits per heavy atom. The van der Waals surface area contributed by atoms with E-state index < -0.39 is 0 Å². The van der Waals surface area contributed by atoms with Crippen LogP contribution >= 0.6 is 15.9 Å². The Bertz CT molecular complexity index is 262. The van der Waals surface area contributed by atoms with E-state index in [1.807, 2.05) is 0 Å². The van der Waals surface area contributed by atoms with Crippen molar-refractivity contribution < 1.29 is 4.79 Å². The first-order valence-corrected chi connectivity index (χ1v) is 3.40. The van der Waals surface area contributed by atoms with Crippen LogP contribution in [0.1, 0.15) is 10.5 Å². The molecule has 1 aromatic heterocycles. The molecule has 0 saturated heterocycles. The molecule has 52 valence electrons. The third kappa shape index (κ3) is 1.16. The Kier molecular flexibility index (Phi) is 2.01. The fourth-order valence-electron chi connectivity index (χ4n) is 0.558. The molecule has 2 N–H and O–H groups in total. The highest BCUT2D eigenvalue weighted by Crippen LogP contribution is 2.19. The third-order valence-corrected chi connectivity index (χ3v) is 1.92. The summed E-state index contributed by atoms with van der Waals surface area (Å²) in [6.07, 6.45) is 2.14. The first-order chi connectivity index (χ1) is 4.75. The van der Waals surface area contributed by atoms with Crippen molar-refractivity contribution in [1.82, 2.24) is 4.98 Å². The number of hydrogen-bond donors (Lipinski definition) is 1. The van der Waals surface area contributed by atoms with Crippen LogP contribution in [0.25, 0.3) is 0 Å². The van der Waals surface area contributed by atoms with Crippen LogP contribution < -0.4 is 5.73 Å². The molecule has 0 saturated carbocycles. The van der Waals surface area contributed by atoms with E-state index in [0.29, 0.717) is 22.1 Å². The predicted octanol–water partition coefficient (Wildman–Crippen LogP) is 1.24. The smallest absolute Gasteiger partial charge is 0.169 e. The second-order valence-corrected chi connectivity index (χ2v) is 2.51. The van der Waals surface area contributed by atoms with Gasteiger partial charge >= 0.3 is 0 Å². The molecule has 0 aliphatic carbocycles. The van der Waals surface area contributed by atoms with E-state index in [9.17, 15) is 4.79 Å². The molecule has 10 heavy (non-hydrogen) atoms. The summed E-state index contributed by atoms with van der Waals surface area (Å²) in [6.45, 7) is 0. The summed E-state index contributed by atoms with van der Waals surface area (Å²) in [7, 11) is 0. The van der Waals surface area contributed by atoms with Gasteiger partial charge in [0.2, 0.25) is 0 Å². The average molecular weight is 201 g/mol. The van der Waals surface area contributed by atoms with Crippen LogP contribution in [0.5, 0.6) is 0 Å². The van der Waals surface area contributed by atoms with Crippen molar-refractivity contribution in [3.8, 4) is 0 Å². The van der Waals surface area contributed by atoms with Gasteiger partial charge in [0, 0.05) is 11.9 Å². The highest BCUT2D eigenvalue weighted by Gasteiger charge is 2.00. The van der Waals surface area contributed by atoms with E-state index in [4.69, 9.17) is 5.73 Å². The molecule has 0 atom stereocenters. The zero-order chi connectivity index (χ0) is 7.56. The second kappa shape index (κ2) is 2.79. The van der Waals surface area contributed by atoms with Gasteiger partial charge < -0.3 is 5.73 Å². The first-order valence-electron chi connectivity index (χ1n) is 2.61. The number of nitrogen functional groups attached to an aromatic ring is 1. The molecule has 0 unspecified atom stereocenters. The van der Waals surface area contributed by atoms with Gasteiger partial charge in [0.05, 0.1) is 4.47 Å². The minimum absolute atomic E-state index is 0.333. The third-order valence-electron chi connectivity index (χ3n) is 1.06. The quantitative estimate of drug-likeness (QED) is 0.695. The van der Waals surface area contributed by atoms with Gasteiger partial charge in [0.1, 0.15) is 5.69 Å². The molecule has 4 heteroatoms. The lowest BCUT2D eigenvalue weighted by molar-refractivity contribution is 0.111. The number of halogens is 1. The van der Waals surface area contributed by atoms with Crippen LogP contribution in [0.4, 0.5) is 5.69 Å². The summed E-state index contributed by atoms with van der Waals surface area (Å²) < 4.78 is 0.560. The molecule has 0 spiro atoms. The Morgan fingerprint density at radius 1 is 1.70 bits per heavy atom. The number of anilines is 1. The van der Waals surface area contributed by atoms with Crippen LogP contribution in [0, 0.1) is 0 Å². The molecule has 3 nitrogen and oxygen atoms in total. The first kappa shape index (κ1) is 7.21. The molecule has 1 aromatic rings. The largest absolute Gasteiger partial charge is 0.398 e. The van der Waals surface area contributed by atoms with E-state index in [1.54, 1.807) is 6.07 Å². The molecular weight excluding hydrogens is 196 g/mol. The molecule has 1 heterocycles. The Morgan fingerprint density at radius 3 is 2.90 bits per heavy atom. The van der Waals surface area contributed by atoms with Crippen molar-refractivity contribution in [3.05, 3.63) is 22.4 Å². The van der Waals surface area contributed by atoms with Crippen LogP contribution in [0.2, 0.25) is 0 Å². The maximum absolute atomic E-state index is 10.2. The number of nitrogens with two attached hydrogens (primary N) is 1. The number of nitrogens with zero attached hydrogens (tertiary/aromatic N) is 1. The number of carbonyl (C=O) groups excluding carboxylic acids is 1. The molecule has 0 aromatic carbocycles. The lowest BCUT2D eigenvalue weighted by atomic mass is 10.3. The topological polar surface area (TPSA) is 56.0 Å². The maximum Gasteiger partial charge on any atom is 0.169 e. The van der Waals surface area contributed by atoms with E-state index >= 15 is 0 Å². The van der Waals surface area contributed by atoms with E-state index in [2.05, 4.69) is 20.9 Å². The van der Waals surface area contributed by atoms with Gasteiger partial charge in [-0.3, -0.25) is 9.78 Å². The van der Waals surface area contributed by atoms with Gasteiger partial charge in [-0.1, -0.05) is 0 Å². The molecule has 0 aliphatic rings. The minimum atomic E-state index is 0.333. The van der Waals surface area contributed by atoms with Crippen molar-refractivity contribution in [2.45, 2.75) is 0 Å². The summed E-state index contributed by atoms with van der Waals surface area (Å²) in [4.78, 5) is 14.0. The van der Waals surface area contributed by atoms with Crippen molar-refractivity contribution >= 4 is 27.9 Å². The fourth-order valence-corrected chi connectivity index (χ4v) is 0.886. The molecule has 0 fully saturated rings. The highest BCUT2D eigenvalue weighted by molar-refractivity contribution is 9.10. The highest BCUT2D eigenvalue weighted by atomic mass is 79.9. The summed E-state index contributed by atoms with van der Waals surface area (Å²) in [5.41, 5.74) is 6.31. The molecule has 0 aliphatic heterocycles. The van der Waals surface area contributed by atoms with E-state index in [-0.39, 0.29) is 0 Å². The van der Waals surface area contributed by atoms with Crippen LogP contribution in [-0.4, -0.2) is 11.3 Å². The number of carbonyl (C=O) groups is 1. The summed E-state index contributed by atoms with van der Waals surface area (Å²) in [6, 6.07) is 1.62. The lowest BCUT2D eigenvalue weighted by Crippen LogP contribution is -1.93. The predicted molar refractivity (Wildman–Crippen MR) is 41.7 cm³/mol. The number of hydrogen-bond acceptors (Lipinski definition) is 3. The van der Waals surface area contributed by atoms with Gasteiger partial charge in [-0.15, -0.1) is 0 Å². The number of pyridine rings is 1. The molecule has 1 rings (SSSR count). The van der Waals surface area contributed by atoms with E-state index in [1.165, 1.54) is 6.20 Å². The number of aromatic nitrogens is 1. The minimum Gasteiger partial charge on any atom is -0.398 e. The van der Waals surface area contributed by atoms with Crippen LogP contribution in [-0.2, 0) is 0 Å². The standard InChI is InChI=1S/C6H5BrN2O/c7-6-4(8)1-2-9-5(6)3-10/h1-3H,(H2,8,9). The second-order valence-electron chi connectivity index (χ2n) is 1.72. The SMILES string of the molecule is Nc1ccnc(C=O)c1Br. The Labute approximate surface area is 66.4 Å². The van der Waals surface area contributed by atoms with Crippen molar-refractivity contribution in [2.75, 3.05) is 5.73 Å². The van der Waals surface area contributed by atoms with Gasteiger partial charge in [0.15, 0.2) is 6.29 Å². The van der Waals surface area contributed by atoms with Gasteiger partial charge in [-0.05, 0) is 22.0 Å². The van der Waals surface area contributed by atoms with Crippen molar-refractivity contribution in [1.29, 1.82) is 0 Å². The lowest BCUT2D eigenvalue weighted by Gasteiger charge is -1.96. The zero-order valence-electron chi connectivity index (χ0n) is 5.04. The monoisotopic (exact) mass is 200 g/mol. The molecule has 0 amide bonds. The van der Waals surface area contributed by atoms with Gasteiger partial charge in [-0.25, -0.2) is 0 Å². The van der Waals surface area contributed by atoms with Crippen LogP contribution in [0.3, 0.4) is 0 Å². The Hall–Kier alpha value is -0.900. The summed E-state index contributed by atoms with van der Waals surface area (Å²) >= 11 is 3.12. The zero-order valence-corrected chi connectivity index (χ0v) is 6.63. The number of rotatable bonds is 1.